The topological polar surface area (TPSA) is 35.2 Å². The van der Waals surface area contributed by atoms with Crippen LogP contribution in [0.3, 0.4) is 0 Å². The normalized spacial score (nSPS) is 12.5. The van der Waals surface area contributed by atoms with Crippen LogP contribution in [0, 0.1) is 0 Å². The third-order valence-electron chi connectivity index (χ3n) is 1.76. The van der Waals surface area contributed by atoms with E-state index in [1.54, 1.807) is 0 Å². The van der Waals surface area contributed by atoms with E-state index in [0.29, 0.717) is 6.54 Å². The van der Waals surface area contributed by atoms with Gasteiger partial charge in [0, 0.05) is 6.54 Å². The van der Waals surface area contributed by atoms with Gasteiger partial charge in [-0.2, -0.15) is 0 Å². The molecule has 0 unspecified atom stereocenters. The van der Waals surface area contributed by atoms with Crippen LogP contribution >= 0.6 is 0 Å². The van der Waals surface area contributed by atoms with E-state index in [0.717, 1.165) is 12.2 Å². The highest BCUT2D eigenvalue weighted by Gasteiger charge is 2.03. The molecule has 0 amide bonds. The molecule has 2 heteroatoms. The lowest BCUT2D eigenvalue weighted by atomic mass is 10.3. The Morgan fingerprint density at radius 1 is 1.33 bits per heavy atom. The van der Waals surface area contributed by atoms with E-state index >= 15 is 0 Å². The number of rotatable bonds is 4. The molecule has 0 heterocycles. The van der Waals surface area contributed by atoms with Crippen LogP contribution in [0.25, 0.3) is 0 Å². The van der Waals surface area contributed by atoms with Crippen molar-refractivity contribution in [3.63, 3.8) is 0 Å². The summed E-state index contributed by atoms with van der Waals surface area (Å²) in [6.45, 7) is 2.64. The first kappa shape index (κ1) is 9.07. The highest BCUT2D eigenvalue weighted by Crippen LogP contribution is 2.11. The molecule has 12 heavy (non-hydrogen) atoms. The van der Waals surface area contributed by atoms with Gasteiger partial charge in [0.05, 0.1) is 0 Å². The standard InChI is InChI=1S/C10H15NO/c1-2-9(8-11)12-10-6-4-3-5-7-10/h3-7,9H,2,8,11H2,1H3/t9-/m0/s1. The molecule has 1 atom stereocenters. The minimum Gasteiger partial charge on any atom is -0.489 e. The fourth-order valence-electron chi connectivity index (χ4n) is 0.990. The van der Waals surface area contributed by atoms with Gasteiger partial charge in [-0.15, -0.1) is 0 Å². The first-order valence-electron chi connectivity index (χ1n) is 4.28. The molecule has 0 saturated carbocycles. The minimum absolute atomic E-state index is 0.146. The summed E-state index contributed by atoms with van der Waals surface area (Å²) in [5.74, 6) is 0.898. The van der Waals surface area contributed by atoms with E-state index in [4.69, 9.17) is 10.5 Å². The van der Waals surface area contributed by atoms with Gasteiger partial charge in [0.1, 0.15) is 11.9 Å². The highest BCUT2D eigenvalue weighted by atomic mass is 16.5. The Labute approximate surface area is 73.3 Å². The summed E-state index contributed by atoms with van der Waals surface area (Å²) in [5.41, 5.74) is 5.51. The third-order valence-corrected chi connectivity index (χ3v) is 1.76. The maximum atomic E-state index is 5.59. The SMILES string of the molecule is CC[C@@H](CN)Oc1ccccc1. The predicted octanol–water partition coefficient (Wildman–Crippen LogP) is 1.80. The van der Waals surface area contributed by atoms with E-state index in [9.17, 15) is 0 Å². The van der Waals surface area contributed by atoms with Crippen molar-refractivity contribution >= 4 is 0 Å². The van der Waals surface area contributed by atoms with E-state index in [2.05, 4.69) is 6.92 Å². The molecule has 0 radical (unpaired) electrons. The van der Waals surface area contributed by atoms with Gasteiger partial charge >= 0.3 is 0 Å². The van der Waals surface area contributed by atoms with Crippen LogP contribution in [0.4, 0.5) is 0 Å². The maximum absolute atomic E-state index is 5.59. The van der Waals surface area contributed by atoms with Crippen molar-refractivity contribution in [3.05, 3.63) is 30.3 Å². The number of nitrogens with two attached hydrogens (primary N) is 1. The fourth-order valence-corrected chi connectivity index (χ4v) is 0.990. The molecule has 0 aliphatic rings. The van der Waals surface area contributed by atoms with Gasteiger partial charge in [-0.3, -0.25) is 0 Å². The second kappa shape index (κ2) is 4.78. The Balaban J connectivity index is 2.51. The molecule has 1 aromatic rings. The van der Waals surface area contributed by atoms with Crippen LogP contribution in [-0.4, -0.2) is 12.6 Å². The van der Waals surface area contributed by atoms with Crippen molar-refractivity contribution in [3.8, 4) is 5.75 Å². The predicted molar refractivity (Wildman–Crippen MR) is 50.2 cm³/mol. The van der Waals surface area contributed by atoms with E-state index in [1.165, 1.54) is 0 Å². The molecule has 0 saturated heterocycles. The van der Waals surface area contributed by atoms with E-state index in [1.807, 2.05) is 30.3 Å². The van der Waals surface area contributed by atoms with Crippen molar-refractivity contribution in [2.24, 2.45) is 5.73 Å². The molecular weight excluding hydrogens is 150 g/mol. The lowest BCUT2D eigenvalue weighted by Gasteiger charge is -2.14. The van der Waals surface area contributed by atoms with Crippen molar-refractivity contribution in [1.82, 2.24) is 0 Å². The molecule has 2 N–H and O–H groups in total. The Hall–Kier alpha value is -1.02. The Kier molecular flexibility index (Phi) is 3.61. The second-order valence-electron chi connectivity index (χ2n) is 2.70. The number of hydrogen-bond acceptors (Lipinski definition) is 2. The van der Waals surface area contributed by atoms with Crippen molar-refractivity contribution < 1.29 is 4.74 Å². The number of hydrogen-bond donors (Lipinski definition) is 1. The molecule has 0 spiro atoms. The summed E-state index contributed by atoms with van der Waals surface area (Å²) in [5, 5.41) is 0. The second-order valence-corrected chi connectivity index (χ2v) is 2.70. The summed E-state index contributed by atoms with van der Waals surface area (Å²) in [6, 6.07) is 9.77. The van der Waals surface area contributed by atoms with Crippen molar-refractivity contribution in [2.45, 2.75) is 19.4 Å². The van der Waals surface area contributed by atoms with Gasteiger partial charge in [0.25, 0.3) is 0 Å². The average molecular weight is 165 g/mol. The molecule has 0 aliphatic carbocycles. The van der Waals surface area contributed by atoms with E-state index < -0.39 is 0 Å². The number of para-hydroxylation sites is 1. The van der Waals surface area contributed by atoms with Gasteiger partial charge in [0.2, 0.25) is 0 Å². The van der Waals surface area contributed by atoms with Crippen molar-refractivity contribution in [2.75, 3.05) is 6.54 Å². The maximum Gasteiger partial charge on any atom is 0.119 e. The molecule has 1 aromatic carbocycles. The smallest absolute Gasteiger partial charge is 0.119 e. The molecule has 0 fully saturated rings. The van der Waals surface area contributed by atoms with Gasteiger partial charge in [-0.05, 0) is 18.6 Å². The quantitative estimate of drug-likeness (QED) is 0.738. The van der Waals surface area contributed by atoms with Gasteiger partial charge in [-0.25, -0.2) is 0 Å². The fraction of sp³-hybridized carbons (Fsp3) is 0.400. The van der Waals surface area contributed by atoms with Crippen LogP contribution in [0.1, 0.15) is 13.3 Å². The van der Waals surface area contributed by atoms with Crippen LogP contribution in [0.5, 0.6) is 5.75 Å². The molecule has 0 aliphatic heterocycles. The molecular formula is C10H15NO. The van der Waals surface area contributed by atoms with Crippen LogP contribution < -0.4 is 10.5 Å². The number of benzene rings is 1. The monoisotopic (exact) mass is 165 g/mol. The Morgan fingerprint density at radius 2 is 2.00 bits per heavy atom. The zero-order valence-corrected chi connectivity index (χ0v) is 7.36. The molecule has 1 rings (SSSR count). The van der Waals surface area contributed by atoms with Crippen LogP contribution in [0.15, 0.2) is 30.3 Å². The van der Waals surface area contributed by atoms with Gasteiger partial charge in [-0.1, -0.05) is 25.1 Å². The summed E-state index contributed by atoms with van der Waals surface area (Å²) in [6.07, 6.45) is 1.10. The largest absolute Gasteiger partial charge is 0.489 e. The summed E-state index contributed by atoms with van der Waals surface area (Å²) in [7, 11) is 0. The lowest BCUT2D eigenvalue weighted by molar-refractivity contribution is 0.205. The van der Waals surface area contributed by atoms with Crippen LogP contribution in [0.2, 0.25) is 0 Å². The Morgan fingerprint density at radius 3 is 2.50 bits per heavy atom. The van der Waals surface area contributed by atoms with Crippen molar-refractivity contribution in [1.29, 1.82) is 0 Å². The lowest BCUT2D eigenvalue weighted by Crippen LogP contribution is -2.25. The van der Waals surface area contributed by atoms with Crippen LogP contribution in [-0.2, 0) is 0 Å². The average Bonchev–Trinajstić information content (AvgIpc) is 2.16. The molecule has 0 aromatic heterocycles. The molecule has 0 bridgehead atoms. The summed E-state index contributed by atoms with van der Waals surface area (Å²) in [4.78, 5) is 0. The molecule has 2 nitrogen and oxygen atoms in total. The summed E-state index contributed by atoms with van der Waals surface area (Å²) >= 11 is 0. The van der Waals surface area contributed by atoms with Gasteiger partial charge < -0.3 is 10.5 Å². The van der Waals surface area contributed by atoms with E-state index in [-0.39, 0.29) is 6.10 Å². The number of ether oxygens (including phenoxy) is 1. The zero-order chi connectivity index (χ0) is 8.81. The van der Waals surface area contributed by atoms with Gasteiger partial charge in [0.15, 0.2) is 0 Å². The summed E-state index contributed by atoms with van der Waals surface area (Å²) < 4.78 is 5.59. The first-order chi connectivity index (χ1) is 5.86. The minimum atomic E-state index is 0.146. The Bertz CT molecular complexity index is 206. The first-order valence-corrected chi connectivity index (χ1v) is 4.28. The zero-order valence-electron chi connectivity index (χ0n) is 7.36. The highest BCUT2D eigenvalue weighted by molar-refractivity contribution is 5.21. The third kappa shape index (κ3) is 2.55. The molecule has 66 valence electrons.